The number of carbonyl (C=O) groups excluding carboxylic acids is 3. The molecule has 2 aromatic heterocycles. The van der Waals surface area contributed by atoms with Crippen LogP contribution in [0.2, 0.25) is 0 Å². The number of rotatable bonds is 12. The third kappa shape index (κ3) is 7.39. The summed E-state index contributed by atoms with van der Waals surface area (Å²) in [5.74, 6) is 0.0257. The van der Waals surface area contributed by atoms with Crippen LogP contribution in [-0.4, -0.2) is 47.5 Å². The minimum Gasteiger partial charge on any atom is -0.497 e. The number of esters is 1. The lowest BCUT2D eigenvalue weighted by molar-refractivity contribution is -0.113. The van der Waals surface area contributed by atoms with Crippen LogP contribution < -0.4 is 20.1 Å². The Balaban J connectivity index is 1.39. The zero-order valence-corrected chi connectivity index (χ0v) is 23.5. The summed E-state index contributed by atoms with van der Waals surface area (Å²) in [7, 11) is 1.58. The Morgan fingerprint density at radius 3 is 2.42 bits per heavy atom. The number of carbonyl (C=O) groups is 3. The number of anilines is 2. The van der Waals surface area contributed by atoms with Gasteiger partial charge in [0.25, 0.3) is 17.0 Å². The molecule has 0 fully saturated rings. The van der Waals surface area contributed by atoms with Crippen LogP contribution in [0.5, 0.6) is 11.5 Å². The van der Waals surface area contributed by atoms with Crippen molar-refractivity contribution in [2.24, 2.45) is 0 Å². The summed E-state index contributed by atoms with van der Waals surface area (Å²) < 4.78 is 21.4. The molecule has 208 valence electrons. The quantitative estimate of drug-likeness (QED) is 0.169. The first-order valence-corrected chi connectivity index (χ1v) is 13.9. The van der Waals surface area contributed by atoms with Gasteiger partial charge in [-0.25, -0.2) is 4.79 Å². The number of aromatic nitrogens is 2. The topological polar surface area (TPSA) is 142 Å². The number of thiophene rings is 1. The zero-order valence-electron chi connectivity index (χ0n) is 21.9. The van der Waals surface area contributed by atoms with Gasteiger partial charge in [0.2, 0.25) is 5.91 Å². The second-order valence-electron chi connectivity index (χ2n) is 8.06. The molecule has 40 heavy (non-hydrogen) atoms. The van der Waals surface area contributed by atoms with Gasteiger partial charge in [0.15, 0.2) is 6.61 Å². The maximum atomic E-state index is 13.1. The molecule has 0 unspecified atom stereocenters. The van der Waals surface area contributed by atoms with Gasteiger partial charge in [-0.3, -0.25) is 9.59 Å². The Morgan fingerprint density at radius 1 is 1.00 bits per heavy atom. The number of nitrogens with zero attached hydrogens (tertiary/aromatic N) is 2. The van der Waals surface area contributed by atoms with Crippen molar-refractivity contribution in [3.63, 3.8) is 0 Å². The van der Waals surface area contributed by atoms with E-state index in [2.05, 4.69) is 20.8 Å². The van der Waals surface area contributed by atoms with Crippen LogP contribution in [0.25, 0.3) is 0 Å². The smallest absolute Gasteiger partial charge is 0.348 e. The number of para-hydroxylation sites is 1. The molecule has 4 aromatic rings. The number of ether oxygens (including phenoxy) is 3. The fourth-order valence-corrected chi connectivity index (χ4v) is 5.14. The summed E-state index contributed by atoms with van der Waals surface area (Å²) in [5, 5.41) is 13.8. The number of methoxy groups -OCH3 is 1. The molecule has 0 aliphatic carbocycles. The molecule has 2 N–H and O–H groups in total. The fraction of sp³-hybridized carbons (Fsp3) is 0.222. The minimum atomic E-state index is -0.566. The second-order valence-corrected chi connectivity index (χ2v) is 10.0. The van der Waals surface area contributed by atoms with Gasteiger partial charge in [0.05, 0.1) is 25.0 Å². The fourth-order valence-electron chi connectivity index (χ4n) is 3.44. The highest BCUT2D eigenvalue weighted by atomic mass is 32.2. The Hall–Kier alpha value is -4.36. The summed E-state index contributed by atoms with van der Waals surface area (Å²) in [5.41, 5.74) is 1.18. The third-order valence-corrected chi connectivity index (χ3v) is 7.32. The molecule has 0 saturated carbocycles. The molecule has 0 saturated heterocycles. The zero-order chi connectivity index (χ0) is 28.5. The molecular formula is C27H26N4O7S2. The van der Waals surface area contributed by atoms with Gasteiger partial charge in [0.1, 0.15) is 21.4 Å². The lowest BCUT2D eigenvalue weighted by Gasteiger charge is -2.08. The second kappa shape index (κ2) is 13.6. The molecule has 0 atom stereocenters. The van der Waals surface area contributed by atoms with Crippen LogP contribution in [0, 0.1) is 6.92 Å². The number of amides is 2. The summed E-state index contributed by atoms with van der Waals surface area (Å²) in [6.45, 7) is 3.56. The van der Waals surface area contributed by atoms with Crippen molar-refractivity contribution in [2.45, 2.75) is 25.7 Å². The van der Waals surface area contributed by atoms with Gasteiger partial charge in [-0.2, -0.15) is 0 Å². The van der Waals surface area contributed by atoms with Crippen molar-refractivity contribution in [2.75, 3.05) is 30.1 Å². The number of thioether (sulfide) groups is 1. The predicted molar refractivity (Wildman–Crippen MR) is 150 cm³/mol. The van der Waals surface area contributed by atoms with E-state index in [9.17, 15) is 14.4 Å². The maximum absolute atomic E-state index is 13.1. The van der Waals surface area contributed by atoms with E-state index in [0.29, 0.717) is 22.7 Å². The standard InChI is InChI=1S/C27H26N4O7S2/c1-4-36-26(34)23-16(2)22(24(33)28-17-8-6-5-7-9-17)25(40-23)29-20(32)15-39-27-31-30-21(38-27)14-37-19-12-10-18(35-3)11-13-19/h5-13H,4,14-15H2,1-3H3,(H,28,33)(H,29,32). The van der Waals surface area contributed by atoms with Gasteiger partial charge in [-0.15, -0.1) is 21.5 Å². The lowest BCUT2D eigenvalue weighted by Crippen LogP contribution is -2.18. The first-order valence-electron chi connectivity index (χ1n) is 12.1. The van der Waals surface area contributed by atoms with E-state index in [-0.39, 0.29) is 45.5 Å². The van der Waals surface area contributed by atoms with Crippen molar-refractivity contribution < 1.29 is 33.0 Å². The van der Waals surface area contributed by atoms with E-state index >= 15 is 0 Å². The van der Waals surface area contributed by atoms with Crippen LogP contribution in [0.15, 0.2) is 64.2 Å². The average molecular weight is 583 g/mol. The third-order valence-electron chi connectivity index (χ3n) is 5.32. The molecular weight excluding hydrogens is 556 g/mol. The van der Waals surface area contributed by atoms with Crippen LogP contribution in [0.4, 0.5) is 10.7 Å². The Labute approximate surface area is 238 Å². The van der Waals surface area contributed by atoms with Gasteiger partial charge in [-0.1, -0.05) is 30.0 Å². The van der Waals surface area contributed by atoms with E-state index in [1.807, 2.05) is 6.07 Å². The molecule has 11 nitrogen and oxygen atoms in total. The highest BCUT2D eigenvalue weighted by Gasteiger charge is 2.27. The summed E-state index contributed by atoms with van der Waals surface area (Å²) in [6.07, 6.45) is 0. The summed E-state index contributed by atoms with van der Waals surface area (Å²) in [4.78, 5) is 38.7. The first-order chi connectivity index (χ1) is 19.4. The van der Waals surface area contributed by atoms with Crippen molar-refractivity contribution >= 4 is 51.6 Å². The first kappa shape index (κ1) is 28.6. The van der Waals surface area contributed by atoms with Gasteiger partial charge in [0, 0.05) is 5.69 Å². The molecule has 13 heteroatoms. The monoisotopic (exact) mass is 582 g/mol. The van der Waals surface area contributed by atoms with E-state index in [0.717, 1.165) is 23.1 Å². The van der Waals surface area contributed by atoms with Gasteiger partial charge < -0.3 is 29.3 Å². The van der Waals surface area contributed by atoms with Gasteiger partial charge >= 0.3 is 5.97 Å². The molecule has 0 aliphatic heterocycles. The molecule has 0 aliphatic rings. The Kier molecular flexibility index (Phi) is 9.76. The molecule has 2 amide bonds. The Bertz CT molecular complexity index is 1470. The SMILES string of the molecule is CCOC(=O)c1sc(NC(=O)CSc2nnc(COc3ccc(OC)cc3)o2)c(C(=O)Nc2ccccc2)c1C. The molecule has 0 spiro atoms. The summed E-state index contributed by atoms with van der Waals surface area (Å²) >= 11 is 2.01. The number of hydrogen-bond donors (Lipinski definition) is 2. The number of nitrogens with one attached hydrogen (secondary N) is 2. The highest BCUT2D eigenvalue weighted by molar-refractivity contribution is 7.99. The van der Waals surface area contributed by atoms with Crippen LogP contribution in [-0.2, 0) is 16.1 Å². The van der Waals surface area contributed by atoms with E-state index < -0.39 is 17.8 Å². The van der Waals surface area contributed by atoms with Crippen molar-refractivity contribution in [1.82, 2.24) is 10.2 Å². The summed E-state index contributed by atoms with van der Waals surface area (Å²) in [6, 6.07) is 15.9. The number of hydrogen-bond acceptors (Lipinski definition) is 11. The maximum Gasteiger partial charge on any atom is 0.348 e. The van der Waals surface area contributed by atoms with Gasteiger partial charge in [-0.05, 0) is 55.8 Å². The highest BCUT2D eigenvalue weighted by Crippen LogP contribution is 2.34. The lowest BCUT2D eigenvalue weighted by atomic mass is 10.1. The van der Waals surface area contributed by atoms with Crippen LogP contribution >= 0.6 is 23.1 Å². The van der Waals surface area contributed by atoms with Crippen LogP contribution in [0.1, 0.15) is 38.4 Å². The van der Waals surface area contributed by atoms with E-state index in [1.165, 1.54) is 0 Å². The minimum absolute atomic E-state index is 0.0527. The normalized spacial score (nSPS) is 10.6. The molecule has 0 radical (unpaired) electrons. The predicted octanol–water partition coefficient (Wildman–Crippen LogP) is 5.19. The molecule has 2 aromatic carbocycles. The van der Waals surface area contributed by atoms with Crippen molar-refractivity contribution in [3.8, 4) is 11.5 Å². The molecule has 0 bridgehead atoms. The van der Waals surface area contributed by atoms with Crippen LogP contribution in [0.3, 0.4) is 0 Å². The Morgan fingerprint density at radius 2 is 1.73 bits per heavy atom. The molecule has 2 heterocycles. The van der Waals surface area contributed by atoms with E-state index in [4.69, 9.17) is 18.6 Å². The average Bonchev–Trinajstić information content (AvgIpc) is 3.55. The largest absolute Gasteiger partial charge is 0.497 e. The van der Waals surface area contributed by atoms with E-state index in [1.54, 1.807) is 69.5 Å². The molecule has 4 rings (SSSR count). The van der Waals surface area contributed by atoms with Crippen molar-refractivity contribution in [3.05, 3.63) is 76.5 Å². The number of benzene rings is 2. The van der Waals surface area contributed by atoms with Crippen molar-refractivity contribution in [1.29, 1.82) is 0 Å².